The third-order valence-electron chi connectivity index (χ3n) is 6.09. The number of hydrogen-bond donors (Lipinski definition) is 2. The first-order valence-corrected chi connectivity index (χ1v) is 12.6. The van der Waals surface area contributed by atoms with Gasteiger partial charge in [-0.05, 0) is 55.5 Å². The molecule has 1 aliphatic heterocycles. The Labute approximate surface area is 197 Å². The molecule has 1 unspecified atom stereocenters. The van der Waals surface area contributed by atoms with Crippen LogP contribution >= 0.6 is 11.6 Å². The number of aromatic amines is 1. The summed E-state index contributed by atoms with van der Waals surface area (Å²) in [7, 11) is -4.02. The van der Waals surface area contributed by atoms with Crippen LogP contribution in [0.1, 0.15) is 31.9 Å². The van der Waals surface area contributed by atoms with Crippen molar-refractivity contribution in [2.75, 3.05) is 13.1 Å². The minimum absolute atomic E-state index is 0.00189. The van der Waals surface area contributed by atoms with Crippen LogP contribution in [0.4, 0.5) is 0 Å². The molecule has 1 amide bonds. The summed E-state index contributed by atoms with van der Waals surface area (Å²) < 4.78 is 30.8. The minimum atomic E-state index is -4.02. The summed E-state index contributed by atoms with van der Waals surface area (Å²) in [4.78, 5) is 15.1. The predicted octanol–water partition coefficient (Wildman–Crippen LogP) is 2.89. The average molecular weight is 489 g/mol. The van der Waals surface area contributed by atoms with E-state index in [9.17, 15) is 18.5 Å². The van der Waals surface area contributed by atoms with Crippen molar-refractivity contribution < 1.29 is 13.2 Å². The van der Waals surface area contributed by atoms with Crippen LogP contribution in [0, 0.1) is 17.2 Å². The summed E-state index contributed by atoms with van der Waals surface area (Å²) >= 11 is 6.05. The molecule has 3 aromatic rings. The summed E-state index contributed by atoms with van der Waals surface area (Å²) in [5.74, 6) is 0.284. The zero-order valence-electron chi connectivity index (χ0n) is 18.2. The van der Waals surface area contributed by atoms with E-state index in [2.05, 4.69) is 27.9 Å². The molecule has 1 atom stereocenters. The summed E-state index contributed by atoms with van der Waals surface area (Å²) in [6.07, 6.45) is 3.72. The molecule has 1 aliphatic rings. The average Bonchev–Trinajstić information content (AvgIpc) is 3.42. The Morgan fingerprint density at radius 1 is 1.36 bits per heavy atom. The normalized spacial score (nSPS) is 16.1. The lowest BCUT2D eigenvalue weighted by Gasteiger charge is -2.33. The Balaban J connectivity index is 1.58. The Morgan fingerprint density at radius 3 is 2.85 bits per heavy atom. The highest BCUT2D eigenvalue weighted by molar-refractivity contribution is 7.89. The molecule has 9 nitrogen and oxygen atoms in total. The fourth-order valence-electron chi connectivity index (χ4n) is 4.04. The number of hydrogen-bond acceptors (Lipinski definition) is 5. The summed E-state index contributed by atoms with van der Waals surface area (Å²) in [5.41, 5.74) is 1.07. The van der Waals surface area contributed by atoms with Crippen LogP contribution in [0.5, 0.6) is 0 Å². The van der Waals surface area contributed by atoms with E-state index in [0.29, 0.717) is 42.1 Å². The zero-order valence-corrected chi connectivity index (χ0v) is 19.7. The molecule has 3 heterocycles. The van der Waals surface area contributed by atoms with Crippen LogP contribution < -0.4 is 4.72 Å². The molecular formula is C22H25ClN6O3S. The Hall–Kier alpha value is -2.87. The molecule has 2 aromatic heterocycles. The van der Waals surface area contributed by atoms with Gasteiger partial charge in [0.15, 0.2) is 5.15 Å². The topological polar surface area (TPSA) is 124 Å². The molecule has 0 aliphatic carbocycles. The number of nitrogens with one attached hydrogen (secondary N) is 2. The molecule has 0 radical (unpaired) electrons. The second-order valence-electron chi connectivity index (χ2n) is 8.39. The molecule has 1 fully saturated rings. The predicted molar refractivity (Wildman–Crippen MR) is 124 cm³/mol. The highest BCUT2D eigenvalue weighted by Gasteiger charge is 2.31. The summed E-state index contributed by atoms with van der Waals surface area (Å²) in [6, 6.07) is 9.03. The largest absolute Gasteiger partial charge is 0.341 e. The van der Waals surface area contributed by atoms with Crippen molar-refractivity contribution in [1.29, 1.82) is 5.26 Å². The monoisotopic (exact) mass is 488 g/mol. The first-order chi connectivity index (χ1) is 15.8. The number of rotatable bonds is 7. The molecule has 0 saturated carbocycles. The summed E-state index contributed by atoms with van der Waals surface area (Å²) in [5, 5.41) is 16.5. The molecule has 33 heavy (non-hydrogen) atoms. The molecule has 1 aromatic carbocycles. The quantitative estimate of drug-likeness (QED) is 0.529. The van der Waals surface area contributed by atoms with Crippen LogP contribution in [0.2, 0.25) is 5.15 Å². The van der Waals surface area contributed by atoms with Crippen LogP contribution in [-0.2, 0) is 21.4 Å². The van der Waals surface area contributed by atoms with Gasteiger partial charge in [-0.3, -0.25) is 9.89 Å². The lowest BCUT2D eigenvalue weighted by atomic mass is 9.98. The number of likely N-dealkylation sites (tertiary alicyclic amines) is 1. The van der Waals surface area contributed by atoms with Crippen LogP contribution in [-0.4, -0.2) is 53.1 Å². The molecule has 11 heteroatoms. The van der Waals surface area contributed by atoms with Gasteiger partial charge in [0.2, 0.25) is 15.9 Å². The first-order valence-electron chi connectivity index (χ1n) is 10.8. The minimum Gasteiger partial charge on any atom is -0.341 e. The van der Waals surface area contributed by atoms with Crippen LogP contribution in [0.15, 0.2) is 41.4 Å². The first kappa shape index (κ1) is 23.3. The number of H-pyrrole nitrogens is 1. The number of amides is 1. The van der Waals surface area contributed by atoms with Crippen molar-refractivity contribution in [1.82, 2.24) is 24.4 Å². The number of aromatic nitrogens is 3. The van der Waals surface area contributed by atoms with E-state index in [-0.39, 0.29) is 22.4 Å². The number of nitriles is 1. The number of aryl methyl sites for hydroxylation is 1. The SMILES string of the molecule is CC1CCN(C(=O)C(CCn2cccc2C#N)NS(=O)(=O)c2ccc3[nH]nc(Cl)c3c2)CC1. The molecule has 4 rings (SSSR count). The zero-order chi connectivity index (χ0) is 23.6. The molecular weight excluding hydrogens is 464 g/mol. The van der Waals surface area contributed by atoms with Crippen molar-refractivity contribution in [3.63, 3.8) is 0 Å². The highest BCUT2D eigenvalue weighted by Crippen LogP contribution is 2.24. The van der Waals surface area contributed by atoms with Gasteiger partial charge in [-0.25, -0.2) is 8.42 Å². The molecule has 1 saturated heterocycles. The number of halogens is 1. The third kappa shape index (κ3) is 5.05. The molecule has 174 valence electrons. The molecule has 0 bridgehead atoms. The Morgan fingerprint density at radius 2 is 2.12 bits per heavy atom. The van der Waals surface area contributed by atoms with E-state index >= 15 is 0 Å². The lowest BCUT2D eigenvalue weighted by molar-refractivity contribution is -0.134. The van der Waals surface area contributed by atoms with Crippen molar-refractivity contribution in [2.24, 2.45) is 5.92 Å². The van der Waals surface area contributed by atoms with E-state index in [1.54, 1.807) is 33.9 Å². The third-order valence-corrected chi connectivity index (χ3v) is 7.85. The van der Waals surface area contributed by atoms with Gasteiger partial charge in [-0.15, -0.1) is 0 Å². The van der Waals surface area contributed by atoms with Crippen molar-refractivity contribution in [3.05, 3.63) is 47.4 Å². The van der Waals surface area contributed by atoms with E-state index in [0.717, 1.165) is 12.8 Å². The van der Waals surface area contributed by atoms with Gasteiger partial charge in [-0.1, -0.05) is 18.5 Å². The maximum atomic E-state index is 13.3. The number of sulfonamides is 1. The van der Waals surface area contributed by atoms with Crippen molar-refractivity contribution in [2.45, 2.75) is 43.7 Å². The Kier molecular flexibility index (Phi) is 6.74. The standard InChI is InChI=1S/C22H25ClN6O3S/c1-15-6-10-29(11-7-15)22(30)20(8-12-28-9-2-3-16(28)14-24)27-33(31,32)17-4-5-19-18(13-17)21(23)26-25-19/h2-5,9,13,15,20,27H,6-8,10-12H2,1H3,(H,25,26). The smallest absolute Gasteiger partial charge is 0.241 e. The van der Waals surface area contributed by atoms with Crippen LogP contribution in [0.25, 0.3) is 10.9 Å². The van der Waals surface area contributed by atoms with Crippen molar-refractivity contribution >= 4 is 38.4 Å². The Bertz CT molecular complexity index is 1300. The van der Waals surface area contributed by atoms with Gasteiger partial charge in [0.05, 0.1) is 10.4 Å². The fourth-order valence-corrected chi connectivity index (χ4v) is 5.49. The second kappa shape index (κ2) is 9.55. The molecule has 2 N–H and O–H groups in total. The number of carbonyl (C=O) groups is 1. The van der Waals surface area contributed by atoms with Crippen LogP contribution in [0.3, 0.4) is 0 Å². The fraction of sp³-hybridized carbons (Fsp3) is 0.409. The second-order valence-corrected chi connectivity index (χ2v) is 10.5. The van der Waals surface area contributed by atoms with Gasteiger partial charge in [0.1, 0.15) is 17.8 Å². The van der Waals surface area contributed by atoms with Crippen molar-refractivity contribution in [3.8, 4) is 6.07 Å². The molecule has 0 spiro atoms. The van der Waals surface area contributed by atoms with Gasteiger partial charge >= 0.3 is 0 Å². The van der Waals surface area contributed by atoms with E-state index in [1.165, 1.54) is 12.1 Å². The number of carbonyl (C=O) groups excluding carboxylic acids is 1. The maximum Gasteiger partial charge on any atom is 0.241 e. The van der Waals surface area contributed by atoms with Gasteiger partial charge in [0.25, 0.3) is 0 Å². The van der Waals surface area contributed by atoms with Gasteiger partial charge in [0, 0.05) is 31.2 Å². The van der Waals surface area contributed by atoms with E-state index in [4.69, 9.17) is 11.6 Å². The van der Waals surface area contributed by atoms with E-state index < -0.39 is 16.1 Å². The lowest BCUT2D eigenvalue weighted by Crippen LogP contribution is -2.50. The summed E-state index contributed by atoms with van der Waals surface area (Å²) in [6.45, 7) is 3.67. The number of piperidine rings is 1. The van der Waals surface area contributed by atoms with E-state index in [1.807, 2.05) is 0 Å². The van der Waals surface area contributed by atoms with Gasteiger partial charge in [-0.2, -0.15) is 15.1 Å². The number of fused-ring (bicyclic) bond motifs is 1. The van der Waals surface area contributed by atoms with Gasteiger partial charge < -0.3 is 9.47 Å². The maximum absolute atomic E-state index is 13.3. The highest BCUT2D eigenvalue weighted by atomic mass is 35.5. The number of benzene rings is 1. The number of nitrogens with zero attached hydrogens (tertiary/aromatic N) is 4.